The Kier molecular flexibility index (Phi) is 4.39. The molecular formula is C15H16ClN5O. The Morgan fingerprint density at radius 2 is 2.18 bits per heavy atom. The van der Waals surface area contributed by atoms with Crippen molar-refractivity contribution in [3.8, 4) is 5.75 Å². The topological polar surface area (TPSA) is 64.3 Å². The van der Waals surface area contributed by atoms with Crippen molar-refractivity contribution in [3.05, 3.63) is 47.4 Å². The lowest BCUT2D eigenvalue weighted by molar-refractivity contribution is 0.333. The van der Waals surface area contributed by atoms with E-state index in [0.29, 0.717) is 29.6 Å². The summed E-state index contributed by atoms with van der Waals surface area (Å²) in [6.07, 6.45) is 2.44. The number of halogens is 1. The summed E-state index contributed by atoms with van der Waals surface area (Å²) in [7, 11) is 0. The number of nitrogens with one attached hydrogen (secondary N) is 1. The number of hydrogen-bond donors (Lipinski definition) is 1. The van der Waals surface area contributed by atoms with Crippen LogP contribution in [0.4, 0.5) is 5.69 Å². The predicted molar refractivity (Wildman–Crippen MR) is 85.6 cm³/mol. The fourth-order valence-electron chi connectivity index (χ4n) is 2.09. The predicted octanol–water partition coefficient (Wildman–Crippen LogP) is 2.83. The fraction of sp³-hybridized carbons (Fsp3) is 0.267. The number of anilines is 1. The lowest BCUT2D eigenvalue weighted by atomic mass is 10.3. The quantitative estimate of drug-likeness (QED) is 0.708. The summed E-state index contributed by atoms with van der Waals surface area (Å²) >= 11 is 6.05. The van der Waals surface area contributed by atoms with Crippen molar-refractivity contribution in [2.75, 3.05) is 18.5 Å². The van der Waals surface area contributed by atoms with E-state index in [-0.39, 0.29) is 0 Å². The molecule has 0 atom stereocenters. The van der Waals surface area contributed by atoms with Crippen molar-refractivity contribution in [1.82, 2.24) is 19.8 Å². The van der Waals surface area contributed by atoms with Gasteiger partial charge in [-0.05, 0) is 24.6 Å². The van der Waals surface area contributed by atoms with E-state index in [9.17, 15) is 0 Å². The maximum atomic E-state index is 6.05. The molecule has 22 heavy (non-hydrogen) atoms. The van der Waals surface area contributed by atoms with Crippen LogP contribution in [-0.2, 0) is 6.42 Å². The average Bonchev–Trinajstić information content (AvgIpc) is 3.01. The Morgan fingerprint density at radius 3 is 3.00 bits per heavy atom. The van der Waals surface area contributed by atoms with E-state index in [1.165, 1.54) is 0 Å². The van der Waals surface area contributed by atoms with Gasteiger partial charge in [-0.3, -0.25) is 0 Å². The number of aromatic nitrogens is 4. The van der Waals surface area contributed by atoms with Crippen LogP contribution >= 0.6 is 11.6 Å². The lowest BCUT2D eigenvalue weighted by Gasteiger charge is -2.10. The van der Waals surface area contributed by atoms with Crippen molar-refractivity contribution in [2.45, 2.75) is 13.3 Å². The number of benzene rings is 1. The molecule has 0 unspecified atom stereocenters. The van der Waals surface area contributed by atoms with E-state index in [1.807, 2.05) is 24.3 Å². The zero-order valence-corrected chi connectivity index (χ0v) is 12.9. The number of para-hydroxylation sites is 1. The van der Waals surface area contributed by atoms with Gasteiger partial charge in [-0.1, -0.05) is 30.7 Å². The molecule has 3 aromatic rings. The van der Waals surface area contributed by atoms with E-state index in [1.54, 1.807) is 16.9 Å². The van der Waals surface area contributed by atoms with Gasteiger partial charge in [-0.2, -0.15) is 9.61 Å². The zero-order valence-electron chi connectivity index (χ0n) is 12.2. The van der Waals surface area contributed by atoms with Gasteiger partial charge in [0, 0.05) is 6.54 Å². The summed E-state index contributed by atoms with van der Waals surface area (Å²) in [4.78, 5) is 0. The van der Waals surface area contributed by atoms with Crippen LogP contribution in [0.3, 0.4) is 0 Å². The Bertz CT molecular complexity index is 773. The third-order valence-electron chi connectivity index (χ3n) is 3.19. The molecule has 0 bridgehead atoms. The number of ether oxygens (including phenoxy) is 1. The average molecular weight is 318 g/mol. The molecule has 0 saturated heterocycles. The minimum absolute atomic E-state index is 0.494. The fourth-order valence-corrected chi connectivity index (χ4v) is 2.28. The highest BCUT2D eigenvalue weighted by molar-refractivity contribution is 6.32. The van der Waals surface area contributed by atoms with Crippen LogP contribution in [0.1, 0.15) is 12.6 Å². The molecule has 7 heteroatoms. The van der Waals surface area contributed by atoms with Gasteiger partial charge in [0.2, 0.25) is 5.65 Å². The van der Waals surface area contributed by atoms with Gasteiger partial charge in [0.15, 0.2) is 0 Å². The zero-order chi connectivity index (χ0) is 15.4. The van der Waals surface area contributed by atoms with Crippen LogP contribution in [0.5, 0.6) is 5.75 Å². The first kappa shape index (κ1) is 14.6. The Balaban J connectivity index is 1.64. The number of hydrogen-bond acceptors (Lipinski definition) is 5. The second-order valence-electron chi connectivity index (χ2n) is 4.71. The molecule has 2 aromatic heterocycles. The molecule has 1 N–H and O–H groups in total. The summed E-state index contributed by atoms with van der Waals surface area (Å²) in [5.41, 5.74) is 2.57. The summed E-state index contributed by atoms with van der Waals surface area (Å²) in [5, 5.41) is 16.3. The molecule has 0 radical (unpaired) electrons. The molecule has 0 fully saturated rings. The minimum Gasteiger partial charge on any atom is -0.490 e. The summed E-state index contributed by atoms with van der Waals surface area (Å²) in [6, 6.07) is 9.41. The largest absolute Gasteiger partial charge is 0.490 e. The normalized spacial score (nSPS) is 10.8. The molecule has 0 aliphatic heterocycles. The van der Waals surface area contributed by atoms with Gasteiger partial charge < -0.3 is 10.1 Å². The monoisotopic (exact) mass is 317 g/mol. The first-order valence-corrected chi connectivity index (χ1v) is 7.47. The van der Waals surface area contributed by atoms with Gasteiger partial charge in [-0.25, -0.2) is 0 Å². The molecule has 0 aliphatic carbocycles. The number of nitrogens with zero attached hydrogens (tertiary/aromatic N) is 4. The van der Waals surface area contributed by atoms with Gasteiger partial charge in [0.05, 0.1) is 16.4 Å². The second kappa shape index (κ2) is 6.62. The highest BCUT2D eigenvalue weighted by Gasteiger charge is 2.07. The molecular weight excluding hydrogens is 302 g/mol. The van der Waals surface area contributed by atoms with Crippen molar-refractivity contribution >= 4 is 22.9 Å². The molecule has 1 aromatic carbocycles. The van der Waals surface area contributed by atoms with Crippen LogP contribution in [-0.4, -0.2) is 33.0 Å². The number of fused-ring (bicyclic) bond motifs is 1. The molecule has 0 amide bonds. The molecule has 114 valence electrons. The smallest absolute Gasteiger partial charge is 0.200 e. The van der Waals surface area contributed by atoms with E-state index in [4.69, 9.17) is 16.3 Å². The van der Waals surface area contributed by atoms with E-state index in [2.05, 4.69) is 27.5 Å². The van der Waals surface area contributed by atoms with E-state index >= 15 is 0 Å². The number of aryl methyl sites for hydroxylation is 1. The van der Waals surface area contributed by atoms with Gasteiger partial charge in [0.1, 0.15) is 18.7 Å². The first-order chi connectivity index (χ1) is 10.8. The summed E-state index contributed by atoms with van der Waals surface area (Å²) < 4.78 is 7.33. The minimum atomic E-state index is 0.494. The van der Waals surface area contributed by atoms with E-state index < -0.39 is 0 Å². The van der Waals surface area contributed by atoms with Crippen molar-refractivity contribution in [2.24, 2.45) is 0 Å². The second-order valence-corrected chi connectivity index (χ2v) is 5.11. The maximum absolute atomic E-state index is 6.05. The molecule has 0 spiro atoms. The molecule has 3 rings (SSSR count). The molecule has 0 saturated carbocycles. The molecule has 0 aliphatic rings. The Hall–Kier alpha value is -2.34. The van der Waals surface area contributed by atoms with Gasteiger partial charge >= 0.3 is 0 Å². The van der Waals surface area contributed by atoms with Gasteiger partial charge in [0.25, 0.3) is 0 Å². The van der Waals surface area contributed by atoms with Crippen molar-refractivity contribution < 1.29 is 4.74 Å². The molecule has 6 nitrogen and oxygen atoms in total. The highest BCUT2D eigenvalue weighted by Crippen LogP contribution is 2.23. The standard InChI is InChI=1S/C15H16ClN5O/c1-2-11-9-13(15-19-18-10-21(15)20-11)17-7-8-22-14-6-4-3-5-12(14)16/h3-6,9-10,17H,2,7-8H2,1H3. The third-order valence-corrected chi connectivity index (χ3v) is 3.50. The van der Waals surface area contributed by atoms with Crippen LogP contribution in [0.2, 0.25) is 5.02 Å². The Morgan fingerprint density at radius 1 is 1.32 bits per heavy atom. The maximum Gasteiger partial charge on any atom is 0.200 e. The van der Waals surface area contributed by atoms with Crippen LogP contribution in [0.15, 0.2) is 36.7 Å². The van der Waals surface area contributed by atoms with Crippen LogP contribution in [0, 0.1) is 0 Å². The van der Waals surface area contributed by atoms with Crippen molar-refractivity contribution in [3.63, 3.8) is 0 Å². The lowest BCUT2D eigenvalue weighted by Crippen LogP contribution is -2.13. The van der Waals surface area contributed by atoms with Gasteiger partial charge in [-0.15, -0.1) is 10.2 Å². The summed E-state index contributed by atoms with van der Waals surface area (Å²) in [6.45, 7) is 3.18. The molecule has 2 heterocycles. The van der Waals surface area contributed by atoms with E-state index in [0.717, 1.165) is 17.8 Å². The summed E-state index contributed by atoms with van der Waals surface area (Å²) in [5.74, 6) is 0.683. The highest BCUT2D eigenvalue weighted by atomic mass is 35.5. The third kappa shape index (κ3) is 3.12. The number of rotatable bonds is 6. The van der Waals surface area contributed by atoms with Crippen LogP contribution in [0.25, 0.3) is 5.65 Å². The van der Waals surface area contributed by atoms with Crippen LogP contribution < -0.4 is 10.1 Å². The Labute approximate surface area is 133 Å². The first-order valence-electron chi connectivity index (χ1n) is 7.09. The van der Waals surface area contributed by atoms with Crippen molar-refractivity contribution in [1.29, 1.82) is 0 Å². The SMILES string of the molecule is CCc1cc(NCCOc2ccccc2Cl)c2nncn2n1.